The number of rotatable bonds is 5. The average Bonchev–Trinajstić information content (AvgIpc) is 3.22. The number of carbonyl (C=O) groups excluding carboxylic acids is 1. The molecule has 1 aliphatic rings. The summed E-state index contributed by atoms with van der Waals surface area (Å²) in [5.74, 6) is 0.236. The monoisotopic (exact) mass is 239 g/mol. The Morgan fingerprint density at radius 1 is 1.11 bits per heavy atom. The van der Waals surface area contributed by atoms with Gasteiger partial charge in [-0.1, -0.05) is 42.5 Å². The van der Waals surface area contributed by atoms with Gasteiger partial charge in [0.05, 0.1) is 0 Å². The number of carbonyl (C=O) groups is 1. The molecule has 0 aliphatic heterocycles. The summed E-state index contributed by atoms with van der Waals surface area (Å²) in [5, 5.41) is 5.59. The van der Waals surface area contributed by atoms with Gasteiger partial charge in [0, 0.05) is 24.6 Å². The third-order valence-electron chi connectivity index (χ3n) is 3.45. The Kier molecular flexibility index (Phi) is 3.11. The highest BCUT2D eigenvalue weighted by Crippen LogP contribution is 2.21. The lowest BCUT2D eigenvalue weighted by atomic mass is 10.00. The van der Waals surface area contributed by atoms with Crippen LogP contribution in [0.1, 0.15) is 29.6 Å². The zero-order valence-electron chi connectivity index (χ0n) is 10.4. The van der Waals surface area contributed by atoms with Gasteiger partial charge in [-0.3, -0.25) is 4.79 Å². The van der Waals surface area contributed by atoms with E-state index in [0.29, 0.717) is 12.5 Å². The summed E-state index contributed by atoms with van der Waals surface area (Å²) in [7, 11) is 0. The first-order valence-corrected chi connectivity index (χ1v) is 6.59. The Balaban J connectivity index is 1.77. The lowest BCUT2D eigenvalue weighted by Gasteiger charge is -2.06. The molecule has 2 aromatic rings. The van der Waals surface area contributed by atoms with Crippen molar-refractivity contribution in [2.75, 3.05) is 6.54 Å². The van der Waals surface area contributed by atoms with Gasteiger partial charge in [-0.2, -0.15) is 0 Å². The van der Waals surface area contributed by atoms with E-state index in [1.807, 2.05) is 30.3 Å². The maximum Gasteiger partial charge on any atom is 0.164 e. The molecule has 92 valence electrons. The van der Waals surface area contributed by atoms with Crippen LogP contribution in [0.25, 0.3) is 10.8 Å². The summed E-state index contributed by atoms with van der Waals surface area (Å²) in [6.45, 7) is 0.798. The molecule has 2 nitrogen and oxygen atoms in total. The van der Waals surface area contributed by atoms with Crippen LogP contribution in [0.5, 0.6) is 0 Å². The molecule has 0 amide bonds. The van der Waals surface area contributed by atoms with Crippen molar-refractivity contribution in [3.63, 3.8) is 0 Å². The predicted octanol–water partition coefficient (Wildman–Crippen LogP) is 3.16. The summed E-state index contributed by atoms with van der Waals surface area (Å²) in [6.07, 6.45) is 3.12. The SMILES string of the molecule is O=C(CCNC1CC1)c1cccc2ccccc12. The van der Waals surface area contributed by atoms with E-state index in [2.05, 4.69) is 17.4 Å². The summed E-state index contributed by atoms with van der Waals surface area (Å²) in [4.78, 5) is 12.2. The molecular formula is C16H17NO. The molecule has 0 saturated heterocycles. The quantitative estimate of drug-likeness (QED) is 0.812. The molecule has 2 aromatic carbocycles. The van der Waals surface area contributed by atoms with Gasteiger partial charge in [0.2, 0.25) is 0 Å². The molecule has 0 unspecified atom stereocenters. The Labute approximate surface area is 107 Å². The third kappa shape index (κ3) is 2.44. The van der Waals surface area contributed by atoms with Crippen LogP contribution in [-0.2, 0) is 0 Å². The molecule has 0 atom stereocenters. The van der Waals surface area contributed by atoms with E-state index >= 15 is 0 Å². The van der Waals surface area contributed by atoms with E-state index in [0.717, 1.165) is 22.9 Å². The maximum absolute atomic E-state index is 12.2. The fraction of sp³-hybridized carbons (Fsp3) is 0.312. The molecule has 1 fully saturated rings. The van der Waals surface area contributed by atoms with Crippen LogP contribution < -0.4 is 5.32 Å². The first-order chi connectivity index (χ1) is 8.84. The smallest absolute Gasteiger partial charge is 0.164 e. The Morgan fingerprint density at radius 2 is 1.89 bits per heavy atom. The number of nitrogens with one attached hydrogen (secondary N) is 1. The second kappa shape index (κ2) is 4.91. The van der Waals surface area contributed by atoms with Crippen molar-refractivity contribution >= 4 is 16.6 Å². The van der Waals surface area contributed by atoms with Gasteiger partial charge in [0.15, 0.2) is 5.78 Å². The van der Waals surface area contributed by atoms with E-state index in [-0.39, 0.29) is 5.78 Å². The van der Waals surface area contributed by atoms with E-state index < -0.39 is 0 Å². The second-order valence-corrected chi connectivity index (χ2v) is 4.93. The minimum Gasteiger partial charge on any atom is -0.314 e. The molecule has 1 N–H and O–H groups in total. The van der Waals surface area contributed by atoms with E-state index in [1.165, 1.54) is 12.8 Å². The Morgan fingerprint density at radius 3 is 2.72 bits per heavy atom. The number of ketones is 1. The molecule has 2 heteroatoms. The highest BCUT2D eigenvalue weighted by Gasteiger charge is 2.20. The minimum absolute atomic E-state index is 0.236. The fourth-order valence-electron chi connectivity index (χ4n) is 2.28. The lowest BCUT2D eigenvalue weighted by Crippen LogP contribution is -2.20. The van der Waals surface area contributed by atoms with Crippen molar-refractivity contribution in [3.05, 3.63) is 48.0 Å². The van der Waals surface area contributed by atoms with Crippen molar-refractivity contribution < 1.29 is 4.79 Å². The van der Waals surface area contributed by atoms with Crippen LogP contribution in [0.4, 0.5) is 0 Å². The van der Waals surface area contributed by atoms with Crippen molar-refractivity contribution in [2.45, 2.75) is 25.3 Å². The van der Waals surface area contributed by atoms with Crippen LogP contribution in [-0.4, -0.2) is 18.4 Å². The van der Waals surface area contributed by atoms with Crippen LogP contribution in [0, 0.1) is 0 Å². The fourth-order valence-corrected chi connectivity index (χ4v) is 2.28. The van der Waals surface area contributed by atoms with Crippen molar-refractivity contribution in [2.24, 2.45) is 0 Å². The normalized spacial score (nSPS) is 14.9. The zero-order chi connectivity index (χ0) is 12.4. The number of hydrogen-bond acceptors (Lipinski definition) is 2. The topological polar surface area (TPSA) is 29.1 Å². The number of fused-ring (bicyclic) bond motifs is 1. The molecule has 3 rings (SSSR count). The van der Waals surface area contributed by atoms with E-state index in [4.69, 9.17) is 0 Å². The minimum atomic E-state index is 0.236. The number of benzene rings is 2. The number of Topliss-reactive ketones (excluding diaryl/α,β-unsaturated/α-hetero) is 1. The first kappa shape index (κ1) is 11.4. The first-order valence-electron chi connectivity index (χ1n) is 6.59. The third-order valence-corrected chi connectivity index (χ3v) is 3.45. The van der Waals surface area contributed by atoms with Gasteiger partial charge < -0.3 is 5.32 Å². The van der Waals surface area contributed by atoms with Crippen LogP contribution in [0.3, 0.4) is 0 Å². The van der Waals surface area contributed by atoms with Crippen LogP contribution in [0.15, 0.2) is 42.5 Å². The summed E-state index contributed by atoms with van der Waals surface area (Å²) >= 11 is 0. The molecule has 0 heterocycles. The predicted molar refractivity (Wildman–Crippen MR) is 73.9 cm³/mol. The average molecular weight is 239 g/mol. The lowest BCUT2D eigenvalue weighted by molar-refractivity contribution is 0.0984. The summed E-state index contributed by atoms with van der Waals surface area (Å²) in [5.41, 5.74) is 0.852. The molecule has 0 radical (unpaired) electrons. The molecule has 0 aromatic heterocycles. The van der Waals surface area contributed by atoms with E-state index in [9.17, 15) is 4.79 Å². The van der Waals surface area contributed by atoms with Crippen LogP contribution >= 0.6 is 0 Å². The maximum atomic E-state index is 12.2. The second-order valence-electron chi connectivity index (χ2n) is 4.93. The van der Waals surface area contributed by atoms with Crippen molar-refractivity contribution in [1.29, 1.82) is 0 Å². The molecule has 0 bridgehead atoms. The van der Waals surface area contributed by atoms with Gasteiger partial charge in [-0.15, -0.1) is 0 Å². The molecule has 1 aliphatic carbocycles. The highest BCUT2D eigenvalue weighted by atomic mass is 16.1. The summed E-state index contributed by atoms with van der Waals surface area (Å²) in [6, 6.07) is 14.7. The van der Waals surface area contributed by atoms with E-state index in [1.54, 1.807) is 0 Å². The van der Waals surface area contributed by atoms with Gasteiger partial charge in [-0.25, -0.2) is 0 Å². The number of hydrogen-bond donors (Lipinski definition) is 1. The van der Waals surface area contributed by atoms with Crippen molar-refractivity contribution in [1.82, 2.24) is 5.32 Å². The Hall–Kier alpha value is -1.67. The van der Waals surface area contributed by atoms with Gasteiger partial charge in [0.1, 0.15) is 0 Å². The summed E-state index contributed by atoms with van der Waals surface area (Å²) < 4.78 is 0. The van der Waals surface area contributed by atoms with Gasteiger partial charge in [0.25, 0.3) is 0 Å². The van der Waals surface area contributed by atoms with Gasteiger partial charge in [-0.05, 0) is 23.6 Å². The highest BCUT2D eigenvalue weighted by molar-refractivity contribution is 6.08. The van der Waals surface area contributed by atoms with Crippen molar-refractivity contribution in [3.8, 4) is 0 Å². The van der Waals surface area contributed by atoms with Crippen LogP contribution in [0.2, 0.25) is 0 Å². The molecular weight excluding hydrogens is 222 g/mol. The zero-order valence-corrected chi connectivity index (χ0v) is 10.4. The molecule has 0 spiro atoms. The van der Waals surface area contributed by atoms with Gasteiger partial charge >= 0.3 is 0 Å². The Bertz CT molecular complexity index is 567. The molecule has 1 saturated carbocycles. The standard InChI is InChI=1S/C16H17NO/c18-16(10-11-17-13-8-9-13)15-7-3-5-12-4-1-2-6-14(12)15/h1-7,13,17H,8-11H2. The molecule has 18 heavy (non-hydrogen) atoms. The largest absolute Gasteiger partial charge is 0.314 e.